The highest BCUT2D eigenvalue weighted by molar-refractivity contribution is 5.57. The van der Waals surface area contributed by atoms with Crippen molar-refractivity contribution in [1.29, 1.82) is 0 Å². The molecule has 32 heavy (non-hydrogen) atoms. The Hall–Kier alpha value is -2.83. The number of aliphatic hydroxyl groups excluding tert-OH is 1. The highest BCUT2D eigenvalue weighted by atomic mass is 16.6. The van der Waals surface area contributed by atoms with E-state index in [0.29, 0.717) is 0 Å². The van der Waals surface area contributed by atoms with Gasteiger partial charge in [0.2, 0.25) is 0 Å². The van der Waals surface area contributed by atoms with E-state index in [-0.39, 0.29) is 19.8 Å². The zero-order valence-electron chi connectivity index (χ0n) is 18.2. The molecular weight excluding hydrogens is 404 g/mol. The standard InChI is InChI=1S/C27H30O5/c1-21(29)26(31-19-23-13-7-3-8-14-23)27(32-20-24-15-9-4-10-16-24)25(17-28)30-18-22-11-5-2-6-12-22/h2-17,21,25-27,29H,18-20H2,1H3/t21-,25+,26+,27-/m0/s1. The molecule has 3 aromatic carbocycles. The van der Waals surface area contributed by atoms with Crippen LogP contribution in [0.5, 0.6) is 0 Å². The van der Waals surface area contributed by atoms with Crippen molar-refractivity contribution in [2.75, 3.05) is 0 Å². The molecule has 5 nitrogen and oxygen atoms in total. The quantitative estimate of drug-likeness (QED) is 0.406. The van der Waals surface area contributed by atoms with E-state index >= 15 is 0 Å². The highest BCUT2D eigenvalue weighted by Crippen LogP contribution is 2.20. The van der Waals surface area contributed by atoms with Gasteiger partial charge in [-0.25, -0.2) is 0 Å². The fourth-order valence-electron chi connectivity index (χ4n) is 3.40. The Bertz CT molecular complexity index is 899. The van der Waals surface area contributed by atoms with Gasteiger partial charge < -0.3 is 24.1 Å². The Labute approximate surface area is 189 Å². The minimum atomic E-state index is -0.908. The lowest BCUT2D eigenvalue weighted by Gasteiger charge is -2.33. The molecule has 3 rings (SSSR count). The third kappa shape index (κ3) is 7.39. The lowest BCUT2D eigenvalue weighted by molar-refractivity contribution is -0.176. The van der Waals surface area contributed by atoms with Crippen molar-refractivity contribution in [1.82, 2.24) is 0 Å². The lowest BCUT2D eigenvalue weighted by Crippen LogP contribution is -2.48. The summed E-state index contributed by atoms with van der Waals surface area (Å²) in [5, 5.41) is 10.5. The molecule has 0 spiro atoms. The molecule has 0 heterocycles. The van der Waals surface area contributed by atoms with E-state index in [1.807, 2.05) is 91.0 Å². The monoisotopic (exact) mass is 434 g/mol. The second-order valence-corrected chi connectivity index (χ2v) is 7.66. The van der Waals surface area contributed by atoms with Gasteiger partial charge >= 0.3 is 0 Å². The summed E-state index contributed by atoms with van der Waals surface area (Å²) in [5.41, 5.74) is 2.87. The zero-order valence-corrected chi connectivity index (χ0v) is 18.2. The number of aldehydes is 1. The fourth-order valence-corrected chi connectivity index (χ4v) is 3.40. The van der Waals surface area contributed by atoms with Crippen LogP contribution in [0.15, 0.2) is 91.0 Å². The molecule has 0 fully saturated rings. The summed E-state index contributed by atoms with van der Waals surface area (Å²) in [4.78, 5) is 12.0. The van der Waals surface area contributed by atoms with Gasteiger partial charge in [-0.15, -0.1) is 0 Å². The molecule has 0 radical (unpaired) electrons. The smallest absolute Gasteiger partial charge is 0.151 e. The number of hydrogen-bond donors (Lipinski definition) is 1. The van der Waals surface area contributed by atoms with Crippen molar-refractivity contribution in [2.45, 2.75) is 51.2 Å². The molecule has 0 saturated carbocycles. The van der Waals surface area contributed by atoms with Crippen LogP contribution in [0, 0.1) is 0 Å². The Morgan fingerprint density at radius 3 is 1.41 bits per heavy atom. The number of rotatable bonds is 13. The molecule has 0 aromatic heterocycles. The van der Waals surface area contributed by atoms with Crippen molar-refractivity contribution < 1.29 is 24.1 Å². The van der Waals surface area contributed by atoms with E-state index in [0.717, 1.165) is 23.0 Å². The second kappa shape index (κ2) is 12.9. The van der Waals surface area contributed by atoms with Crippen LogP contribution in [0.4, 0.5) is 0 Å². The predicted molar refractivity (Wildman–Crippen MR) is 123 cm³/mol. The molecular formula is C27H30O5. The molecule has 0 amide bonds. The van der Waals surface area contributed by atoms with Crippen LogP contribution in [0.25, 0.3) is 0 Å². The maximum absolute atomic E-state index is 12.0. The van der Waals surface area contributed by atoms with Gasteiger partial charge in [-0.2, -0.15) is 0 Å². The Kier molecular flexibility index (Phi) is 9.60. The summed E-state index contributed by atoms with van der Waals surface area (Å²) < 4.78 is 18.1. The van der Waals surface area contributed by atoms with Gasteiger partial charge in [-0.05, 0) is 23.6 Å². The lowest BCUT2D eigenvalue weighted by atomic mass is 10.0. The minimum absolute atomic E-state index is 0.251. The number of hydrogen-bond acceptors (Lipinski definition) is 5. The maximum Gasteiger partial charge on any atom is 0.151 e. The van der Waals surface area contributed by atoms with E-state index in [1.54, 1.807) is 6.92 Å². The topological polar surface area (TPSA) is 65.0 Å². The van der Waals surface area contributed by atoms with Gasteiger partial charge in [0.25, 0.3) is 0 Å². The first-order valence-electron chi connectivity index (χ1n) is 10.8. The highest BCUT2D eigenvalue weighted by Gasteiger charge is 2.35. The SMILES string of the molecule is C[C@H](O)[C@@H](OCc1ccccc1)[C@@H](OCc1ccccc1)[C@@H](C=O)OCc1ccccc1. The van der Waals surface area contributed by atoms with Gasteiger partial charge in [-0.1, -0.05) is 91.0 Å². The van der Waals surface area contributed by atoms with Crippen LogP contribution in [0.3, 0.4) is 0 Å². The molecule has 3 aromatic rings. The summed E-state index contributed by atoms with van der Waals surface area (Å²) in [6.45, 7) is 2.43. The predicted octanol–water partition coefficient (Wildman–Crippen LogP) is 4.32. The zero-order chi connectivity index (χ0) is 22.6. The molecule has 0 unspecified atom stereocenters. The van der Waals surface area contributed by atoms with Crippen molar-refractivity contribution in [3.63, 3.8) is 0 Å². The van der Waals surface area contributed by atoms with Gasteiger partial charge in [0.1, 0.15) is 18.3 Å². The first kappa shape index (κ1) is 23.8. The van der Waals surface area contributed by atoms with Crippen molar-refractivity contribution in [2.24, 2.45) is 0 Å². The number of benzene rings is 3. The number of ether oxygens (including phenoxy) is 3. The van der Waals surface area contributed by atoms with E-state index in [4.69, 9.17) is 14.2 Å². The summed E-state index contributed by atoms with van der Waals surface area (Å²) in [5.74, 6) is 0. The van der Waals surface area contributed by atoms with Crippen LogP contribution >= 0.6 is 0 Å². The number of carbonyl (C=O) groups excluding carboxylic acids is 1. The molecule has 0 aliphatic heterocycles. The van der Waals surface area contributed by atoms with Gasteiger partial charge in [0.05, 0.1) is 25.9 Å². The molecule has 1 N–H and O–H groups in total. The van der Waals surface area contributed by atoms with Crippen molar-refractivity contribution in [3.05, 3.63) is 108 Å². The van der Waals surface area contributed by atoms with Gasteiger partial charge in [-0.3, -0.25) is 0 Å². The fraction of sp³-hybridized carbons (Fsp3) is 0.296. The summed E-state index contributed by atoms with van der Waals surface area (Å²) in [6.07, 6.45) is -2.61. The number of carbonyl (C=O) groups is 1. The van der Waals surface area contributed by atoms with E-state index in [2.05, 4.69) is 0 Å². The van der Waals surface area contributed by atoms with Crippen LogP contribution in [-0.4, -0.2) is 35.8 Å². The van der Waals surface area contributed by atoms with Crippen LogP contribution in [0.1, 0.15) is 23.6 Å². The second-order valence-electron chi connectivity index (χ2n) is 7.66. The Balaban J connectivity index is 1.76. The molecule has 0 aliphatic carbocycles. The first-order valence-corrected chi connectivity index (χ1v) is 10.8. The molecule has 0 aliphatic rings. The maximum atomic E-state index is 12.0. The van der Waals surface area contributed by atoms with Crippen LogP contribution in [-0.2, 0) is 38.8 Å². The third-order valence-corrected chi connectivity index (χ3v) is 5.11. The van der Waals surface area contributed by atoms with Crippen molar-refractivity contribution in [3.8, 4) is 0 Å². The molecule has 4 atom stereocenters. The number of aliphatic hydroxyl groups is 1. The average molecular weight is 435 g/mol. The summed E-state index contributed by atoms with van der Waals surface area (Å²) >= 11 is 0. The minimum Gasteiger partial charge on any atom is -0.391 e. The van der Waals surface area contributed by atoms with Crippen LogP contribution in [0.2, 0.25) is 0 Å². The molecule has 168 valence electrons. The Morgan fingerprint density at radius 2 is 1.03 bits per heavy atom. The average Bonchev–Trinajstić information content (AvgIpc) is 2.84. The van der Waals surface area contributed by atoms with E-state index in [9.17, 15) is 9.90 Å². The first-order chi connectivity index (χ1) is 15.7. The van der Waals surface area contributed by atoms with Crippen LogP contribution < -0.4 is 0 Å². The third-order valence-electron chi connectivity index (χ3n) is 5.11. The summed E-state index contributed by atoms with van der Waals surface area (Å²) in [6, 6.07) is 29.0. The van der Waals surface area contributed by atoms with Gasteiger partial charge in [0, 0.05) is 0 Å². The largest absolute Gasteiger partial charge is 0.391 e. The normalized spacial score (nSPS) is 14.9. The van der Waals surface area contributed by atoms with E-state index < -0.39 is 24.4 Å². The van der Waals surface area contributed by atoms with E-state index in [1.165, 1.54) is 0 Å². The molecule has 5 heteroatoms. The Morgan fingerprint density at radius 1 is 0.656 bits per heavy atom. The van der Waals surface area contributed by atoms with Crippen molar-refractivity contribution >= 4 is 6.29 Å². The van der Waals surface area contributed by atoms with Gasteiger partial charge in [0.15, 0.2) is 6.29 Å². The molecule has 0 saturated heterocycles. The molecule has 0 bridgehead atoms. The summed E-state index contributed by atoms with van der Waals surface area (Å²) in [7, 11) is 0.